The van der Waals surface area contributed by atoms with E-state index in [1.165, 1.54) is 30.4 Å². The molecule has 37 heavy (non-hydrogen) atoms. The Labute approximate surface area is 222 Å². The van der Waals surface area contributed by atoms with E-state index >= 15 is 0 Å². The Morgan fingerprint density at radius 2 is 1.86 bits per heavy atom. The van der Waals surface area contributed by atoms with Gasteiger partial charge in [0.25, 0.3) is 0 Å². The Balaban J connectivity index is 1.26. The second-order valence-corrected chi connectivity index (χ2v) is 12.8. The number of piperazine rings is 1. The van der Waals surface area contributed by atoms with Crippen LogP contribution in [0.1, 0.15) is 89.1 Å². The van der Waals surface area contributed by atoms with Crippen molar-refractivity contribution < 1.29 is 13.9 Å². The van der Waals surface area contributed by atoms with Crippen molar-refractivity contribution >= 4 is 6.09 Å². The third-order valence-corrected chi connectivity index (χ3v) is 8.63. The van der Waals surface area contributed by atoms with Crippen LogP contribution in [0, 0.1) is 5.41 Å². The number of carbonyl (C=O) groups excluding carboxylic acids is 1. The Hall–Kier alpha value is -2.38. The number of hydrogen-bond donors (Lipinski definition) is 0. The van der Waals surface area contributed by atoms with Gasteiger partial charge in [0.1, 0.15) is 11.9 Å². The highest BCUT2D eigenvalue weighted by molar-refractivity contribution is 5.68. The second kappa shape index (κ2) is 10.4. The molecule has 0 bridgehead atoms. The molecule has 7 heteroatoms. The lowest BCUT2D eigenvalue weighted by Gasteiger charge is -2.58. The van der Waals surface area contributed by atoms with E-state index in [0.29, 0.717) is 23.4 Å². The van der Waals surface area contributed by atoms with Crippen LogP contribution in [0.4, 0.5) is 4.79 Å². The van der Waals surface area contributed by atoms with E-state index in [1.807, 2.05) is 25.7 Å². The van der Waals surface area contributed by atoms with Gasteiger partial charge in [0, 0.05) is 51.4 Å². The molecule has 5 rings (SSSR count). The van der Waals surface area contributed by atoms with E-state index in [-0.39, 0.29) is 6.09 Å². The van der Waals surface area contributed by atoms with Crippen LogP contribution < -0.4 is 0 Å². The van der Waals surface area contributed by atoms with Gasteiger partial charge in [-0.2, -0.15) is 0 Å². The molecule has 1 atom stereocenters. The van der Waals surface area contributed by atoms with Crippen LogP contribution in [-0.4, -0.2) is 70.1 Å². The molecule has 0 N–H and O–H groups in total. The van der Waals surface area contributed by atoms with E-state index in [9.17, 15) is 4.79 Å². The average Bonchev–Trinajstić information content (AvgIpc) is 3.35. The first-order chi connectivity index (χ1) is 17.6. The lowest BCUT2D eigenvalue weighted by atomic mass is 9.59. The standard InChI is InChI=1S/C30H44N4O3/c1-22(2)25-8-6-7-9-26(25)27-19-32(18-23-20-36-21-31-23)14-15-34(27)24-16-30(17-24)10-12-33(13-11-30)28(35)37-29(3,4)5/h6-9,20-22,24,27H,10-19H2,1-5H3. The summed E-state index contributed by atoms with van der Waals surface area (Å²) >= 11 is 0. The molecule has 7 nitrogen and oxygen atoms in total. The summed E-state index contributed by atoms with van der Waals surface area (Å²) in [5, 5.41) is 0. The highest BCUT2D eigenvalue weighted by Gasteiger charge is 2.50. The molecule has 3 heterocycles. The Bertz CT molecular complexity index is 1050. The zero-order chi connectivity index (χ0) is 26.2. The molecule has 1 unspecified atom stereocenters. The van der Waals surface area contributed by atoms with Crippen molar-refractivity contribution in [3.63, 3.8) is 0 Å². The van der Waals surface area contributed by atoms with Crippen LogP contribution in [0.25, 0.3) is 0 Å². The van der Waals surface area contributed by atoms with E-state index < -0.39 is 5.60 Å². The third kappa shape index (κ3) is 5.88. The zero-order valence-corrected chi connectivity index (χ0v) is 23.3. The number of ether oxygens (including phenoxy) is 1. The lowest BCUT2D eigenvalue weighted by molar-refractivity contribution is -0.0783. The SMILES string of the molecule is CC(C)c1ccccc1C1CN(Cc2cocn2)CCN1C1CC2(CCN(C(=O)OC(C)(C)C)CC2)C1. The van der Waals surface area contributed by atoms with Gasteiger partial charge in [-0.3, -0.25) is 9.80 Å². The minimum atomic E-state index is -0.440. The van der Waals surface area contributed by atoms with Crippen LogP contribution in [-0.2, 0) is 11.3 Å². The molecular formula is C30H44N4O3. The zero-order valence-electron chi connectivity index (χ0n) is 23.3. The summed E-state index contributed by atoms with van der Waals surface area (Å²) in [6.45, 7) is 16.0. The molecule has 1 saturated carbocycles. The number of rotatable bonds is 5. The van der Waals surface area contributed by atoms with Crippen molar-refractivity contribution in [2.45, 2.75) is 90.4 Å². The largest absolute Gasteiger partial charge is 0.451 e. The first-order valence-corrected chi connectivity index (χ1v) is 14.0. The summed E-state index contributed by atoms with van der Waals surface area (Å²) < 4.78 is 10.9. The fraction of sp³-hybridized carbons (Fsp3) is 0.667. The lowest BCUT2D eigenvalue weighted by Crippen LogP contribution is -2.60. The number of likely N-dealkylation sites (tertiary alicyclic amines) is 1. The second-order valence-electron chi connectivity index (χ2n) is 12.8. The number of oxazole rings is 1. The van der Waals surface area contributed by atoms with Crippen LogP contribution in [0.2, 0.25) is 0 Å². The molecule has 1 aromatic heterocycles. The van der Waals surface area contributed by atoms with E-state index in [1.54, 1.807) is 6.26 Å². The molecule has 0 radical (unpaired) electrons. The maximum atomic E-state index is 12.6. The summed E-state index contributed by atoms with van der Waals surface area (Å²) in [4.78, 5) is 24.2. The predicted octanol–water partition coefficient (Wildman–Crippen LogP) is 5.84. The molecule has 3 fully saturated rings. The highest BCUT2D eigenvalue weighted by atomic mass is 16.6. The van der Waals surface area contributed by atoms with Crippen molar-refractivity contribution in [2.75, 3.05) is 32.7 Å². The van der Waals surface area contributed by atoms with Gasteiger partial charge in [0.05, 0.1) is 5.69 Å². The molecule has 1 amide bonds. The van der Waals surface area contributed by atoms with E-state index in [2.05, 4.69) is 52.9 Å². The average molecular weight is 509 g/mol. The topological polar surface area (TPSA) is 62.1 Å². The molecule has 3 aliphatic rings. The van der Waals surface area contributed by atoms with E-state index in [4.69, 9.17) is 9.15 Å². The van der Waals surface area contributed by atoms with Gasteiger partial charge in [-0.25, -0.2) is 9.78 Å². The van der Waals surface area contributed by atoms with Crippen LogP contribution in [0.3, 0.4) is 0 Å². The molecule has 202 valence electrons. The van der Waals surface area contributed by atoms with Crippen molar-refractivity contribution in [1.82, 2.24) is 19.7 Å². The highest BCUT2D eigenvalue weighted by Crippen LogP contribution is 2.53. The number of aromatic nitrogens is 1. The minimum Gasteiger partial charge on any atom is -0.451 e. The fourth-order valence-electron chi connectivity index (χ4n) is 6.67. The van der Waals surface area contributed by atoms with Gasteiger partial charge in [-0.1, -0.05) is 38.1 Å². The molecule has 2 saturated heterocycles. The van der Waals surface area contributed by atoms with Crippen LogP contribution in [0.5, 0.6) is 0 Å². The number of benzene rings is 1. The van der Waals surface area contributed by atoms with Crippen molar-refractivity contribution in [3.8, 4) is 0 Å². The van der Waals surface area contributed by atoms with Crippen molar-refractivity contribution in [3.05, 3.63) is 53.7 Å². The van der Waals surface area contributed by atoms with Crippen LogP contribution >= 0.6 is 0 Å². The maximum absolute atomic E-state index is 12.6. The first kappa shape index (κ1) is 26.2. The summed E-state index contributed by atoms with van der Waals surface area (Å²) in [6.07, 6.45) is 7.77. The van der Waals surface area contributed by atoms with Crippen LogP contribution in [0.15, 0.2) is 41.3 Å². The van der Waals surface area contributed by atoms with Gasteiger partial charge in [0.2, 0.25) is 0 Å². The summed E-state index contributed by atoms with van der Waals surface area (Å²) in [5.74, 6) is 0.494. The Kier molecular flexibility index (Phi) is 7.38. The normalized spacial score (nSPS) is 23.4. The third-order valence-electron chi connectivity index (χ3n) is 8.63. The number of nitrogens with zero attached hydrogens (tertiary/aromatic N) is 4. The molecule has 2 aliphatic heterocycles. The van der Waals surface area contributed by atoms with Gasteiger partial charge < -0.3 is 14.1 Å². The molecule has 2 aromatic rings. The monoisotopic (exact) mass is 508 g/mol. The molecular weight excluding hydrogens is 464 g/mol. The first-order valence-electron chi connectivity index (χ1n) is 14.0. The number of amides is 1. The van der Waals surface area contributed by atoms with Gasteiger partial charge in [0.15, 0.2) is 6.39 Å². The number of piperidine rings is 1. The van der Waals surface area contributed by atoms with Gasteiger partial charge in [-0.15, -0.1) is 0 Å². The molecule has 1 aliphatic carbocycles. The van der Waals surface area contributed by atoms with Gasteiger partial charge >= 0.3 is 6.09 Å². The fourth-order valence-corrected chi connectivity index (χ4v) is 6.67. The summed E-state index contributed by atoms with van der Waals surface area (Å²) in [5.41, 5.74) is 3.88. The summed E-state index contributed by atoms with van der Waals surface area (Å²) in [6, 6.07) is 10.0. The van der Waals surface area contributed by atoms with Crippen molar-refractivity contribution in [2.24, 2.45) is 5.41 Å². The minimum absolute atomic E-state index is 0.160. The Morgan fingerprint density at radius 1 is 1.14 bits per heavy atom. The smallest absolute Gasteiger partial charge is 0.410 e. The molecule has 1 spiro atoms. The maximum Gasteiger partial charge on any atom is 0.410 e. The quantitative estimate of drug-likeness (QED) is 0.506. The van der Waals surface area contributed by atoms with Crippen molar-refractivity contribution in [1.29, 1.82) is 0 Å². The summed E-state index contributed by atoms with van der Waals surface area (Å²) in [7, 11) is 0. The predicted molar refractivity (Wildman–Crippen MR) is 144 cm³/mol. The number of carbonyl (C=O) groups is 1. The number of hydrogen-bond acceptors (Lipinski definition) is 6. The Morgan fingerprint density at radius 3 is 2.51 bits per heavy atom. The van der Waals surface area contributed by atoms with Gasteiger partial charge in [-0.05, 0) is 68.9 Å². The van der Waals surface area contributed by atoms with E-state index in [0.717, 1.165) is 57.8 Å². The molecule has 1 aromatic carbocycles.